The van der Waals surface area contributed by atoms with Crippen LogP contribution < -0.4 is 5.32 Å². The molecule has 1 heterocycles. The van der Waals surface area contributed by atoms with E-state index in [-0.39, 0.29) is 11.5 Å². The fourth-order valence-corrected chi connectivity index (χ4v) is 2.94. The molecule has 0 radical (unpaired) electrons. The Morgan fingerprint density at radius 2 is 1.82 bits per heavy atom. The molecule has 0 aliphatic rings. The molecule has 0 aliphatic heterocycles. The van der Waals surface area contributed by atoms with Crippen molar-refractivity contribution >= 4 is 22.4 Å². The molecular formula is C21H20F3N3O. The van der Waals surface area contributed by atoms with Crippen molar-refractivity contribution in [2.75, 3.05) is 0 Å². The van der Waals surface area contributed by atoms with Gasteiger partial charge >= 0.3 is 6.18 Å². The number of halogens is 3. The molecule has 0 aliphatic carbocycles. The maximum Gasteiger partial charge on any atom is 0.395 e. The van der Waals surface area contributed by atoms with Gasteiger partial charge in [-0.3, -0.25) is 9.48 Å². The summed E-state index contributed by atoms with van der Waals surface area (Å²) < 4.78 is 40.5. The molecule has 1 amide bonds. The molecule has 0 bridgehead atoms. The topological polar surface area (TPSA) is 46.9 Å². The number of nitrogens with one attached hydrogen (secondary N) is 1. The zero-order valence-electron chi connectivity index (χ0n) is 15.8. The third-order valence-corrected chi connectivity index (χ3v) is 4.94. The van der Waals surface area contributed by atoms with E-state index in [9.17, 15) is 18.0 Å². The third-order valence-electron chi connectivity index (χ3n) is 4.94. The van der Waals surface area contributed by atoms with E-state index in [1.807, 2.05) is 6.92 Å². The summed E-state index contributed by atoms with van der Waals surface area (Å²) in [5.41, 5.74) is 2.63. The van der Waals surface area contributed by atoms with Gasteiger partial charge in [-0.25, -0.2) is 0 Å². The maximum absolute atomic E-state index is 12.9. The summed E-state index contributed by atoms with van der Waals surface area (Å²) in [7, 11) is 1.80. The van der Waals surface area contributed by atoms with Crippen LogP contribution >= 0.6 is 0 Å². The second kappa shape index (κ2) is 7.14. The van der Waals surface area contributed by atoms with Crippen molar-refractivity contribution < 1.29 is 18.0 Å². The molecular weight excluding hydrogens is 367 g/mol. The van der Waals surface area contributed by atoms with E-state index >= 15 is 0 Å². The van der Waals surface area contributed by atoms with Crippen molar-refractivity contribution in [1.29, 1.82) is 0 Å². The predicted molar refractivity (Wildman–Crippen MR) is 103 cm³/mol. The van der Waals surface area contributed by atoms with Crippen LogP contribution in [0.3, 0.4) is 0 Å². The van der Waals surface area contributed by atoms with Crippen LogP contribution in [0.1, 0.15) is 40.0 Å². The lowest BCUT2D eigenvalue weighted by atomic mass is 9.96. The van der Waals surface area contributed by atoms with Crippen molar-refractivity contribution in [3.8, 4) is 0 Å². The fraction of sp³-hybridized carbons (Fsp3) is 0.238. The van der Waals surface area contributed by atoms with Gasteiger partial charge in [0, 0.05) is 29.6 Å². The summed E-state index contributed by atoms with van der Waals surface area (Å²) in [5, 5.41) is 8.20. The molecule has 28 heavy (non-hydrogen) atoms. The lowest BCUT2D eigenvalue weighted by Crippen LogP contribution is -2.21. The van der Waals surface area contributed by atoms with Crippen molar-refractivity contribution in [3.63, 3.8) is 0 Å². The highest BCUT2D eigenvalue weighted by Gasteiger charge is 2.36. The van der Waals surface area contributed by atoms with Gasteiger partial charge in [0.05, 0.1) is 12.1 Å². The summed E-state index contributed by atoms with van der Waals surface area (Å²) in [5.74, 6) is -1.89. The SMILES string of the molecule is C=C(NC(=O)c1ccc2cc(C(C)C(F)(F)F)ccc2c1)c1cnn(C)c1C. The standard InChI is InChI=1S/C21H20F3N3O/c1-12(21(22,23)24)15-5-6-17-10-18(8-7-16(17)9-15)20(28)26-13(2)19-11-25-27(4)14(19)3/h5-12H,2H2,1,3-4H3,(H,26,28). The first kappa shape index (κ1) is 19.7. The Morgan fingerprint density at radius 1 is 1.18 bits per heavy atom. The van der Waals surface area contributed by atoms with Gasteiger partial charge in [0.2, 0.25) is 0 Å². The number of aromatic nitrogens is 2. The van der Waals surface area contributed by atoms with Crippen LogP contribution in [-0.4, -0.2) is 21.9 Å². The lowest BCUT2D eigenvalue weighted by Gasteiger charge is -2.16. The average Bonchev–Trinajstić information content (AvgIpc) is 2.98. The highest BCUT2D eigenvalue weighted by atomic mass is 19.4. The molecule has 3 aromatic rings. The van der Waals surface area contributed by atoms with E-state index in [4.69, 9.17) is 0 Å². The van der Waals surface area contributed by atoms with E-state index in [0.717, 1.165) is 18.2 Å². The fourth-order valence-electron chi connectivity index (χ4n) is 2.94. The number of carbonyl (C=O) groups is 1. The highest BCUT2D eigenvalue weighted by Crippen LogP contribution is 2.35. The summed E-state index contributed by atoms with van der Waals surface area (Å²) in [4.78, 5) is 12.5. The summed E-state index contributed by atoms with van der Waals surface area (Å²) in [6.45, 7) is 6.89. The van der Waals surface area contributed by atoms with Gasteiger partial charge in [0.1, 0.15) is 0 Å². The van der Waals surface area contributed by atoms with Gasteiger partial charge in [-0.2, -0.15) is 18.3 Å². The lowest BCUT2D eigenvalue weighted by molar-refractivity contribution is -0.146. The Kier molecular flexibility index (Phi) is 5.02. The maximum atomic E-state index is 12.9. The van der Waals surface area contributed by atoms with Gasteiger partial charge in [-0.15, -0.1) is 0 Å². The summed E-state index contributed by atoms with van der Waals surface area (Å²) >= 11 is 0. The molecule has 3 rings (SSSR count). The van der Waals surface area contributed by atoms with Crippen LogP contribution in [0.2, 0.25) is 0 Å². The molecule has 0 fully saturated rings. The molecule has 4 nitrogen and oxygen atoms in total. The minimum absolute atomic E-state index is 0.192. The minimum Gasteiger partial charge on any atom is -0.322 e. The predicted octanol–water partition coefficient (Wildman–Crippen LogP) is 4.95. The first-order valence-electron chi connectivity index (χ1n) is 8.67. The van der Waals surface area contributed by atoms with Crippen molar-refractivity contribution in [2.24, 2.45) is 7.05 Å². The second-order valence-corrected chi connectivity index (χ2v) is 6.78. The van der Waals surface area contributed by atoms with Crippen LogP contribution in [0.4, 0.5) is 13.2 Å². The Bertz CT molecular complexity index is 1070. The first-order valence-corrected chi connectivity index (χ1v) is 8.67. The number of fused-ring (bicyclic) bond motifs is 1. The smallest absolute Gasteiger partial charge is 0.322 e. The highest BCUT2D eigenvalue weighted by molar-refractivity contribution is 6.02. The molecule has 7 heteroatoms. The number of carbonyl (C=O) groups excluding carboxylic acids is 1. The van der Waals surface area contributed by atoms with Gasteiger partial charge in [-0.05, 0) is 42.3 Å². The van der Waals surface area contributed by atoms with Crippen molar-refractivity contribution in [1.82, 2.24) is 15.1 Å². The van der Waals surface area contributed by atoms with E-state index < -0.39 is 12.1 Å². The zero-order valence-corrected chi connectivity index (χ0v) is 15.8. The second-order valence-electron chi connectivity index (χ2n) is 6.78. The Morgan fingerprint density at radius 3 is 2.43 bits per heavy atom. The average molecular weight is 387 g/mol. The van der Waals surface area contributed by atoms with E-state index in [1.54, 1.807) is 42.2 Å². The minimum atomic E-state index is -4.29. The number of nitrogens with zero attached hydrogens (tertiary/aromatic N) is 2. The molecule has 0 spiro atoms. The molecule has 1 aromatic heterocycles. The first-order chi connectivity index (χ1) is 13.1. The van der Waals surface area contributed by atoms with Gasteiger partial charge < -0.3 is 5.32 Å². The van der Waals surface area contributed by atoms with Crippen LogP contribution in [0.15, 0.2) is 49.2 Å². The quantitative estimate of drug-likeness (QED) is 0.689. The van der Waals surface area contributed by atoms with Gasteiger partial charge in [-0.1, -0.05) is 30.8 Å². The van der Waals surface area contributed by atoms with Crippen LogP contribution in [0.25, 0.3) is 16.5 Å². The number of alkyl halides is 3. The normalized spacial score (nSPS) is 12.8. The number of hydrogen-bond acceptors (Lipinski definition) is 2. The van der Waals surface area contributed by atoms with Crippen LogP contribution in [0.5, 0.6) is 0 Å². The van der Waals surface area contributed by atoms with E-state index in [0.29, 0.717) is 22.0 Å². The Hall–Kier alpha value is -3.09. The summed E-state index contributed by atoms with van der Waals surface area (Å²) in [6, 6.07) is 9.44. The van der Waals surface area contributed by atoms with Gasteiger partial charge in [0.15, 0.2) is 0 Å². The number of benzene rings is 2. The zero-order chi connectivity index (χ0) is 20.6. The molecule has 0 saturated carbocycles. The molecule has 1 N–H and O–H groups in total. The Balaban J connectivity index is 1.83. The van der Waals surface area contributed by atoms with Crippen LogP contribution in [0, 0.1) is 6.92 Å². The summed E-state index contributed by atoms with van der Waals surface area (Å²) in [6.07, 6.45) is -2.67. The number of amides is 1. The number of rotatable bonds is 4. The van der Waals surface area contributed by atoms with Crippen molar-refractivity contribution in [3.05, 3.63) is 71.6 Å². The molecule has 2 aromatic carbocycles. The number of aryl methyl sites for hydroxylation is 1. The van der Waals surface area contributed by atoms with E-state index in [1.165, 1.54) is 12.1 Å². The molecule has 1 unspecified atom stereocenters. The van der Waals surface area contributed by atoms with E-state index in [2.05, 4.69) is 17.0 Å². The molecule has 0 saturated heterocycles. The molecule has 146 valence electrons. The van der Waals surface area contributed by atoms with Crippen molar-refractivity contribution in [2.45, 2.75) is 25.9 Å². The number of hydrogen-bond donors (Lipinski definition) is 1. The van der Waals surface area contributed by atoms with Gasteiger partial charge in [0.25, 0.3) is 5.91 Å². The van der Waals surface area contributed by atoms with Crippen LogP contribution in [-0.2, 0) is 7.05 Å². The Labute approximate surface area is 160 Å². The molecule has 1 atom stereocenters. The largest absolute Gasteiger partial charge is 0.395 e. The third kappa shape index (κ3) is 3.78. The monoisotopic (exact) mass is 387 g/mol.